The molecule has 0 aliphatic carbocycles. The molecule has 0 aromatic heterocycles. The van der Waals surface area contributed by atoms with E-state index in [0.717, 1.165) is 16.7 Å². The number of aliphatic carboxylic acids is 1. The zero-order chi connectivity index (χ0) is 14.5. The van der Waals surface area contributed by atoms with Crippen molar-refractivity contribution in [2.24, 2.45) is 5.92 Å². The molecule has 3 heteroatoms. The molecule has 0 aliphatic rings. The van der Waals surface area contributed by atoms with E-state index in [1.54, 1.807) is 12.1 Å². The Bertz CT molecular complexity index is 590. The molecule has 0 fully saturated rings. The highest BCUT2D eigenvalue weighted by Gasteiger charge is 2.19. The lowest BCUT2D eigenvalue weighted by Gasteiger charge is -2.14. The lowest BCUT2D eigenvalue weighted by atomic mass is 9.91. The van der Waals surface area contributed by atoms with Gasteiger partial charge in [0, 0.05) is 5.02 Å². The molecule has 0 aliphatic heterocycles. The lowest BCUT2D eigenvalue weighted by Crippen LogP contribution is -2.19. The van der Waals surface area contributed by atoms with E-state index in [-0.39, 0.29) is 0 Å². The van der Waals surface area contributed by atoms with Gasteiger partial charge in [-0.15, -0.1) is 0 Å². The van der Waals surface area contributed by atoms with E-state index in [4.69, 9.17) is 11.6 Å². The third-order valence-corrected chi connectivity index (χ3v) is 3.72. The van der Waals surface area contributed by atoms with Crippen LogP contribution in [0.15, 0.2) is 48.5 Å². The number of hydrogen-bond donors (Lipinski definition) is 1. The number of carboxylic acid groups (broad SMARTS) is 1. The number of halogens is 1. The van der Waals surface area contributed by atoms with Crippen LogP contribution in [0.2, 0.25) is 5.02 Å². The van der Waals surface area contributed by atoms with Crippen LogP contribution in [-0.4, -0.2) is 11.1 Å². The average molecular weight is 289 g/mol. The Balaban J connectivity index is 2.14. The molecular formula is C17H17ClO2. The Hall–Kier alpha value is -1.80. The Morgan fingerprint density at radius 2 is 1.75 bits per heavy atom. The maximum Gasteiger partial charge on any atom is 0.307 e. The van der Waals surface area contributed by atoms with Crippen LogP contribution in [0.5, 0.6) is 0 Å². The summed E-state index contributed by atoms with van der Waals surface area (Å²) in [7, 11) is 0. The summed E-state index contributed by atoms with van der Waals surface area (Å²) in [5, 5.41) is 10.1. The van der Waals surface area contributed by atoms with E-state index in [9.17, 15) is 9.90 Å². The van der Waals surface area contributed by atoms with Crippen LogP contribution in [-0.2, 0) is 17.6 Å². The summed E-state index contributed by atoms with van der Waals surface area (Å²) in [5.74, 6) is -1.18. The minimum atomic E-state index is -0.761. The van der Waals surface area contributed by atoms with Crippen LogP contribution >= 0.6 is 11.6 Å². The number of benzene rings is 2. The fourth-order valence-electron chi connectivity index (χ4n) is 2.26. The maximum absolute atomic E-state index is 11.5. The van der Waals surface area contributed by atoms with E-state index < -0.39 is 11.9 Å². The van der Waals surface area contributed by atoms with Crippen molar-refractivity contribution < 1.29 is 9.90 Å². The summed E-state index contributed by atoms with van der Waals surface area (Å²) in [6.45, 7) is 2.01. The maximum atomic E-state index is 11.5. The second-order valence-corrected chi connectivity index (χ2v) is 5.43. The van der Waals surface area contributed by atoms with Crippen LogP contribution in [0, 0.1) is 12.8 Å². The number of carboxylic acids is 1. The third-order valence-electron chi connectivity index (χ3n) is 3.47. The van der Waals surface area contributed by atoms with Crippen LogP contribution < -0.4 is 0 Å². The number of rotatable bonds is 5. The Morgan fingerprint density at radius 3 is 2.35 bits per heavy atom. The van der Waals surface area contributed by atoms with Gasteiger partial charge >= 0.3 is 5.97 Å². The zero-order valence-electron chi connectivity index (χ0n) is 11.3. The zero-order valence-corrected chi connectivity index (χ0v) is 12.1. The standard InChI is InChI=1S/C17H17ClO2/c1-12-4-2-3-5-14(12)11-15(17(19)20)10-13-6-8-16(18)9-7-13/h2-9,15H,10-11H2,1H3,(H,19,20). The molecule has 2 nitrogen and oxygen atoms in total. The quantitative estimate of drug-likeness (QED) is 0.898. The van der Waals surface area contributed by atoms with Gasteiger partial charge in [-0.3, -0.25) is 4.79 Å². The topological polar surface area (TPSA) is 37.3 Å². The summed E-state index contributed by atoms with van der Waals surface area (Å²) in [4.78, 5) is 11.5. The number of aryl methyl sites for hydroxylation is 1. The lowest BCUT2D eigenvalue weighted by molar-refractivity contribution is -0.141. The van der Waals surface area contributed by atoms with Crippen molar-refractivity contribution >= 4 is 17.6 Å². The molecule has 2 aromatic carbocycles. The van der Waals surface area contributed by atoms with Crippen LogP contribution in [0.1, 0.15) is 16.7 Å². The Labute approximate surface area is 124 Å². The first-order chi connectivity index (χ1) is 9.56. The second kappa shape index (κ2) is 6.58. The predicted octanol–water partition coefficient (Wildman–Crippen LogP) is 4.13. The fraction of sp³-hybridized carbons (Fsp3) is 0.235. The molecule has 104 valence electrons. The Kier molecular flexibility index (Phi) is 4.80. The summed E-state index contributed by atoms with van der Waals surface area (Å²) in [5.41, 5.74) is 3.22. The summed E-state index contributed by atoms with van der Waals surface area (Å²) in [6.07, 6.45) is 1.06. The largest absolute Gasteiger partial charge is 0.481 e. The second-order valence-electron chi connectivity index (χ2n) is 5.00. The molecule has 0 amide bonds. The van der Waals surface area contributed by atoms with Crippen molar-refractivity contribution in [1.82, 2.24) is 0 Å². The predicted molar refractivity (Wildman–Crippen MR) is 81.2 cm³/mol. The minimum Gasteiger partial charge on any atom is -0.481 e. The molecule has 1 N–H and O–H groups in total. The molecule has 20 heavy (non-hydrogen) atoms. The highest BCUT2D eigenvalue weighted by atomic mass is 35.5. The van der Waals surface area contributed by atoms with Crippen molar-refractivity contribution in [3.05, 3.63) is 70.2 Å². The number of carbonyl (C=O) groups is 1. The van der Waals surface area contributed by atoms with Gasteiger partial charge in [-0.1, -0.05) is 48.0 Å². The molecule has 0 radical (unpaired) electrons. The van der Waals surface area contributed by atoms with Crippen molar-refractivity contribution in [1.29, 1.82) is 0 Å². The van der Waals surface area contributed by atoms with Gasteiger partial charge in [0.2, 0.25) is 0 Å². The Morgan fingerprint density at radius 1 is 1.10 bits per heavy atom. The van der Waals surface area contributed by atoms with Crippen molar-refractivity contribution in [3.63, 3.8) is 0 Å². The van der Waals surface area contributed by atoms with Crippen molar-refractivity contribution in [2.45, 2.75) is 19.8 Å². The SMILES string of the molecule is Cc1ccccc1CC(Cc1ccc(Cl)cc1)C(=O)O. The first-order valence-electron chi connectivity index (χ1n) is 6.58. The highest BCUT2D eigenvalue weighted by molar-refractivity contribution is 6.30. The first kappa shape index (κ1) is 14.6. The van der Waals surface area contributed by atoms with E-state index in [2.05, 4.69) is 0 Å². The number of hydrogen-bond acceptors (Lipinski definition) is 1. The van der Waals surface area contributed by atoms with Gasteiger partial charge < -0.3 is 5.11 Å². The van der Waals surface area contributed by atoms with Crippen LogP contribution in [0.4, 0.5) is 0 Å². The molecule has 0 bridgehead atoms. The molecule has 1 atom stereocenters. The van der Waals surface area contributed by atoms with Crippen LogP contribution in [0.3, 0.4) is 0 Å². The molecule has 0 heterocycles. The average Bonchev–Trinajstić information content (AvgIpc) is 2.42. The van der Waals surface area contributed by atoms with Gasteiger partial charge in [0.1, 0.15) is 0 Å². The smallest absolute Gasteiger partial charge is 0.307 e. The van der Waals surface area contributed by atoms with E-state index in [1.165, 1.54) is 0 Å². The molecule has 2 aromatic rings. The van der Waals surface area contributed by atoms with Gasteiger partial charge in [-0.2, -0.15) is 0 Å². The van der Waals surface area contributed by atoms with Crippen LogP contribution in [0.25, 0.3) is 0 Å². The van der Waals surface area contributed by atoms with E-state index >= 15 is 0 Å². The molecule has 0 saturated carbocycles. The minimum absolute atomic E-state index is 0.419. The monoisotopic (exact) mass is 288 g/mol. The van der Waals surface area contributed by atoms with Gasteiger partial charge in [-0.05, 0) is 48.6 Å². The van der Waals surface area contributed by atoms with E-state index in [1.807, 2.05) is 43.3 Å². The van der Waals surface area contributed by atoms with Gasteiger partial charge in [0.05, 0.1) is 5.92 Å². The molecule has 1 unspecified atom stereocenters. The third kappa shape index (κ3) is 3.84. The van der Waals surface area contributed by atoms with Crippen molar-refractivity contribution in [3.8, 4) is 0 Å². The summed E-state index contributed by atoms with van der Waals surface area (Å²) >= 11 is 5.84. The van der Waals surface area contributed by atoms with Gasteiger partial charge in [0.25, 0.3) is 0 Å². The summed E-state index contributed by atoms with van der Waals surface area (Å²) in [6, 6.07) is 15.3. The first-order valence-corrected chi connectivity index (χ1v) is 6.96. The normalized spacial score (nSPS) is 12.1. The summed E-state index contributed by atoms with van der Waals surface area (Å²) < 4.78 is 0. The molecule has 2 rings (SSSR count). The van der Waals surface area contributed by atoms with Crippen molar-refractivity contribution in [2.75, 3.05) is 0 Å². The van der Waals surface area contributed by atoms with E-state index in [0.29, 0.717) is 17.9 Å². The van der Waals surface area contributed by atoms with Gasteiger partial charge in [-0.25, -0.2) is 0 Å². The fourth-order valence-corrected chi connectivity index (χ4v) is 2.38. The highest BCUT2D eigenvalue weighted by Crippen LogP contribution is 2.19. The molecular weight excluding hydrogens is 272 g/mol. The molecule has 0 spiro atoms. The van der Waals surface area contributed by atoms with Gasteiger partial charge in [0.15, 0.2) is 0 Å². The molecule has 0 saturated heterocycles.